The van der Waals surface area contributed by atoms with Crippen LogP contribution in [-0.2, 0) is 6.42 Å². The molecule has 3 nitrogen and oxygen atoms in total. The molecule has 0 spiro atoms. The fourth-order valence-electron chi connectivity index (χ4n) is 4.54. The number of carbonyl (C=O) groups is 1. The predicted octanol–water partition coefficient (Wildman–Crippen LogP) is 4.58. The van der Waals surface area contributed by atoms with E-state index in [9.17, 15) is 4.79 Å². The Morgan fingerprint density at radius 2 is 1.73 bits per heavy atom. The van der Waals surface area contributed by atoms with Crippen LogP contribution in [0.15, 0.2) is 36.4 Å². The van der Waals surface area contributed by atoms with Gasteiger partial charge in [-0.25, -0.2) is 0 Å². The maximum Gasteiger partial charge on any atom is 0.178 e. The van der Waals surface area contributed by atoms with Crippen LogP contribution in [0.5, 0.6) is 0 Å². The first-order valence-electron chi connectivity index (χ1n) is 10.1. The van der Waals surface area contributed by atoms with Gasteiger partial charge in [-0.15, -0.1) is 0 Å². The van der Waals surface area contributed by atoms with Gasteiger partial charge in [-0.2, -0.15) is 0 Å². The summed E-state index contributed by atoms with van der Waals surface area (Å²) in [6.45, 7) is 6.92. The normalized spacial score (nSPS) is 19.0. The molecule has 138 valence electrons. The zero-order valence-electron chi connectivity index (χ0n) is 16.1. The molecule has 0 bridgehead atoms. The van der Waals surface area contributed by atoms with E-state index < -0.39 is 0 Å². The molecular formula is C23H30N2O. The maximum atomic E-state index is 12.9. The van der Waals surface area contributed by atoms with Gasteiger partial charge < -0.3 is 4.57 Å². The van der Waals surface area contributed by atoms with Gasteiger partial charge in [0.15, 0.2) is 5.78 Å². The summed E-state index contributed by atoms with van der Waals surface area (Å²) < 4.78 is 2.37. The Hall–Kier alpha value is -1.87. The molecule has 2 aromatic rings. The number of likely N-dealkylation sites (tertiary alicyclic amines) is 1. The number of Topliss-reactive ketones (excluding diaryl/α,β-unsaturated/α-hetero) is 1. The van der Waals surface area contributed by atoms with E-state index in [1.54, 1.807) is 0 Å². The lowest BCUT2D eigenvalue weighted by Gasteiger charge is -2.31. The van der Waals surface area contributed by atoms with Gasteiger partial charge >= 0.3 is 0 Å². The summed E-state index contributed by atoms with van der Waals surface area (Å²) in [5.41, 5.74) is 4.80. The van der Waals surface area contributed by atoms with Crippen molar-refractivity contribution in [2.75, 3.05) is 19.6 Å². The standard InChI is InChI=1S/C23H30N2O/c1-17-14-22(18(2)25(17)21-8-9-21)23(26)16-24-12-10-20(11-13-24)15-19-6-4-3-5-7-19/h3-7,14,20-21H,8-13,15-16H2,1-2H3. The summed E-state index contributed by atoms with van der Waals surface area (Å²) in [4.78, 5) is 15.2. The van der Waals surface area contributed by atoms with E-state index >= 15 is 0 Å². The SMILES string of the molecule is Cc1cc(C(=O)CN2CCC(Cc3ccccc3)CC2)c(C)n1C1CC1. The number of rotatable bonds is 6. The molecule has 0 atom stereocenters. The van der Waals surface area contributed by atoms with Gasteiger partial charge in [0, 0.05) is 23.0 Å². The van der Waals surface area contributed by atoms with Crippen molar-refractivity contribution < 1.29 is 4.79 Å². The molecule has 1 aliphatic carbocycles. The molecule has 0 unspecified atom stereocenters. The molecule has 1 saturated carbocycles. The second-order valence-corrected chi connectivity index (χ2v) is 8.22. The fraction of sp³-hybridized carbons (Fsp3) is 0.522. The molecule has 1 aromatic heterocycles. The Balaban J connectivity index is 1.32. The third kappa shape index (κ3) is 3.78. The summed E-state index contributed by atoms with van der Waals surface area (Å²) in [6.07, 6.45) is 6.09. The van der Waals surface area contributed by atoms with Gasteiger partial charge in [-0.05, 0) is 76.6 Å². The number of aromatic nitrogens is 1. The average Bonchev–Trinajstić information content (AvgIpc) is 3.42. The predicted molar refractivity (Wildman–Crippen MR) is 106 cm³/mol. The quantitative estimate of drug-likeness (QED) is 0.713. The fourth-order valence-corrected chi connectivity index (χ4v) is 4.54. The molecular weight excluding hydrogens is 320 g/mol. The van der Waals surface area contributed by atoms with Crippen molar-refractivity contribution in [1.82, 2.24) is 9.47 Å². The summed E-state index contributed by atoms with van der Waals surface area (Å²) >= 11 is 0. The Morgan fingerprint density at radius 3 is 2.38 bits per heavy atom. The van der Waals surface area contributed by atoms with Crippen molar-refractivity contribution >= 4 is 5.78 Å². The molecule has 1 aliphatic heterocycles. The van der Waals surface area contributed by atoms with Crippen LogP contribution in [0.1, 0.15) is 59.0 Å². The van der Waals surface area contributed by atoms with Gasteiger partial charge in [0.25, 0.3) is 0 Å². The molecule has 0 N–H and O–H groups in total. The van der Waals surface area contributed by atoms with Crippen LogP contribution in [0.3, 0.4) is 0 Å². The Bertz CT molecular complexity index is 765. The van der Waals surface area contributed by atoms with E-state index in [0.29, 0.717) is 18.4 Å². The first-order valence-corrected chi connectivity index (χ1v) is 10.1. The van der Waals surface area contributed by atoms with Crippen molar-refractivity contribution in [1.29, 1.82) is 0 Å². The first kappa shape index (κ1) is 17.5. The highest BCUT2D eigenvalue weighted by atomic mass is 16.1. The molecule has 0 amide bonds. The van der Waals surface area contributed by atoms with Crippen LogP contribution in [-0.4, -0.2) is 34.9 Å². The molecule has 4 rings (SSSR count). The zero-order chi connectivity index (χ0) is 18.1. The minimum Gasteiger partial charge on any atom is -0.345 e. The number of ketones is 1. The third-order valence-corrected chi connectivity index (χ3v) is 6.14. The van der Waals surface area contributed by atoms with Crippen molar-refractivity contribution in [3.63, 3.8) is 0 Å². The molecule has 2 aliphatic rings. The van der Waals surface area contributed by atoms with E-state index in [2.05, 4.69) is 59.7 Å². The Kier molecular flexibility index (Phi) is 4.99. The van der Waals surface area contributed by atoms with E-state index in [0.717, 1.165) is 24.6 Å². The Morgan fingerprint density at radius 1 is 1.04 bits per heavy atom. The van der Waals surface area contributed by atoms with Crippen LogP contribution in [0.4, 0.5) is 0 Å². The second kappa shape index (κ2) is 7.40. The van der Waals surface area contributed by atoms with Gasteiger partial charge in [0.05, 0.1) is 6.54 Å². The van der Waals surface area contributed by atoms with Crippen LogP contribution < -0.4 is 0 Å². The van der Waals surface area contributed by atoms with Crippen LogP contribution in [0.2, 0.25) is 0 Å². The molecule has 0 radical (unpaired) electrons. The van der Waals surface area contributed by atoms with Crippen molar-refractivity contribution in [2.45, 2.75) is 52.0 Å². The largest absolute Gasteiger partial charge is 0.345 e. The summed E-state index contributed by atoms with van der Waals surface area (Å²) in [5, 5.41) is 0. The van der Waals surface area contributed by atoms with Gasteiger partial charge in [0.1, 0.15) is 0 Å². The Labute approximate surface area is 157 Å². The second-order valence-electron chi connectivity index (χ2n) is 8.22. The first-order chi connectivity index (χ1) is 12.6. The molecule has 2 heterocycles. The minimum atomic E-state index is 0.298. The highest BCUT2D eigenvalue weighted by molar-refractivity contribution is 5.99. The number of piperidine rings is 1. The highest BCUT2D eigenvalue weighted by Crippen LogP contribution is 2.38. The smallest absolute Gasteiger partial charge is 0.178 e. The lowest BCUT2D eigenvalue weighted by molar-refractivity contribution is 0.0895. The van der Waals surface area contributed by atoms with Crippen LogP contribution in [0.25, 0.3) is 0 Å². The molecule has 2 fully saturated rings. The van der Waals surface area contributed by atoms with Gasteiger partial charge in [-0.3, -0.25) is 9.69 Å². The van der Waals surface area contributed by atoms with Crippen molar-refractivity contribution in [3.8, 4) is 0 Å². The number of aryl methyl sites for hydroxylation is 1. The monoisotopic (exact) mass is 350 g/mol. The summed E-state index contributed by atoms with van der Waals surface area (Å²) in [6, 6.07) is 13.5. The molecule has 3 heteroatoms. The average molecular weight is 351 g/mol. The minimum absolute atomic E-state index is 0.298. The van der Waals surface area contributed by atoms with E-state index in [1.807, 2.05) is 0 Å². The van der Waals surface area contributed by atoms with Gasteiger partial charge in [0.2, 0.25) is 0 Å². The number of nitrogens with zero attached hydrogens (tertiary/aromatic N) is 2. The van der Waals surface area contributed by atoms with E-state index in [-0.39, 0.29) is 0 Å². The summed E-state index contributed by atoms with van der Waals surface area (Å²) in [7, 11) is 0. The number of carbonyl (C=O) groups excluding carboxylic acids is 1. The van der Waals surface area contributed by atoms with E-state index in [1.165, 1.54) is 49.1 Å². The third-order valence-electron chi connectivity index (χ3n) is 6.14. The topological polar surface area (TPSA) is 25.2 Å². The van der Waals surface area contributed by atoms with Crippen LogP contribution in [0, 0.1) is 19.8 Å². The molecule has 26 heavy (non-hydrogen) atoms. The van der Waals surface area contributed by atoms with Crippen molar-refractivity contribution in [2.24, 2.45) is 5.92 Å². The van der Waals surface area contributed by atoms with Gasteiger partial charge in [-0.1, -0.05) is 30.3 Å². The summed E-state index contributed by atoms with van der Waals surface area (Å²) in [5.74, 6) is 1.05. The lowest BCUT2D eigenvalue weighted by Crippen LogP contribution is -2.38. The molecule has 1 aromatic carbocycles. The highest BCUT2D eigenvalue weighted by Gasteiger charge is 2.29. The molecule has 1 saturated heterocycles. The number of benzene rings is 1. The number of hydrogen-bond acceptors (Lipinski definition) is 2. The maximum absolute atomic E-state index is 12.9. The lowest BCUT2D eigenvalue weighted by atomic mass is 9.90. The zero-order valence-corrected chi connectivity index (χ0v) is 16.1. The van der Waals surface area contributed by atoms with Crippen LogP contribution >= 0.6 is 0 Å². The van der Waals surface area contributed by atoms with Crippen molar-refractivity contribution in [3.05, 3.63) is 58.9 Å². The number of hydrogen-bond donors (Lipinski definition) is 0. The van der Waals surface area contributed by atoms with E-state index in [4.69, 9.17) is 0 Å².